The highest BCUT2D eigenvalue weighted by Crippen LogP contribution is 2.54. The Morgan fingerprint density at radius 3 is 2.23 bits per heavy atom. The molecule has 0 saturated carbocycles. The standard InChI is InChI=1S/C44H42O3/c1-26-23-37-31(18-20-35-33-21-22-43(4,5)25-38(33)27(2)44(6,7)40(35)37)24-36(26)34-19-17-29-13-11-12-16-32(29)39(34)28(3)47-42(46)41(45)30-14-9-8-10-15-30/h8-24,27-28H,25H2,1-7H3. The van der Waals surface area contributed by atoms with Crippen LogP contribution in [0.3, 0.4) is 0 Å². The van der Waals surface area contributed by atoms with Crippen molar-refractivity contribution in [2.45, 2.75) is 66.4 Å². The fourth-order valence-electron chi connectivity index (χ4n) is 8.00. The van der Waals surface area contributed by atoms with Crippen molar-refractivity contribution in [2.75, 3.05) is 0 Å². The zero-order valence-electron chi connectivity index (χ0n) is 28.4. The number of carbonyl (C=O) groups is 2. The van der Waals surface area contributed by atoms with Gasteiger partial charge in [-0.1, -0.05) is 137 Å². The average Bonchev–Trinajstić information content (AvgIpc) is 3.05. The summed E-state index contributed by atoms with van der Waals surface area (Å²) in [7, 11) is 0. The molecule has 0 bridgehead atoms. The van der Waals surface area contributed by atoms with Gasteiger partial charge >= 0.3 is 5.97 Å². The first kappa shape index (κ1) is 30.9. The van der Waals surface area contributed by atoms with Crippen LogP contribution in [0, 0.1) is 18.3 Å². The van der Waals surface area contributed by atoms with Gasteiger partial charge in [-0.2, -0.15) is 0 Å². The Morgan fingerprint density at radius 2 is 1.47 bits per heavy atom. The molecule has 2 atom stereocenters. The number of benzene rings is 5. The molecule has 47 heavy (non-hydrogen) atoms. The number of rotatable bonds is 5. The van der Waals surface area contributed by atoms with Crippen LogP contribution >= 0.6 is 0 Å². The van der Waals surface area contributed by atoms with Crippen molar-refractivity contribution in [1.82, 2.24) is 0 Å². The molecule has 0 saturated heterocycles. The molecule has 0 spiro atoms. The van der Waals surface area contributed by atoms with Crippen molar-refractivity contribution in [3.63, 3.8) is 0 Å². The van der Waals surface area contributed by atoms with Crippen LogP contribution in [0.5, 0.6) is 0 Å². The molecule has 2 aliphatic rings. The Morgan fingerprint density at radius 1 is 0.787 bits per heavy atom. The smallest absolute Gasteiger partial charge is 0.380 e. The minimum Gasteiger partial charge on any atom is -0.452 e. The maximum Gasteiger partial charge on any atom is 0.380 e. The Hall–Kier alpha value is -4.76. The van der Waals surface area contributed by atoms with Crippen LogP contribution in [0.25, 0.3) is 38.2 Å². The molecule has 0 aromatic heterocycles. The second-order valence-electron chi connectivity index (χ2n) is 14.7. The number of aryl methyl sites for hydroxylation is 1. The lowest BCUT2D eigenvalue weighted by atomic mass is 9.59. The third kappa shape index (κ3) is 5.13. The number of allylic oxidation sites excluding steroid dienone is 4. The van der Waals surface area contributed by atoms with Gasteiger partial charge in [-0.05, 0) is 98.0 Å². The lowest BCUT2D eigenvalue weighted by Gasteiger charge is -2.45. The minimum absolute atomic E-state index is 0.0367. The largest absolute Gasteiger partial charge is 0.452 e. The fourth-order valence-corrected chi connectivity index (χ4v) is 8.00. The first-order valence-electron chi connectivity index (χ1n) is 16.7. The van der Waals surface area contributed by atoms with E-state index >= 15 is 0 Å². The topological polar surface area (TPSA) is 43.4 Å². The lowest BCUT2D eigenvalue weighted by molar-refractivity contribution is -0.142. The number of Topliss-reactive ketones (excluding diaryl/α,β-unsaturated/α-hetero) is 1. The average molecular weight is 619 g/mol. The number of carbonyl (C=O) groups excluding carboxylic acids is 2. The zero-order valence-corrected chi connectivity index (χ0v) is 28.4. The summed E-state index contributed by atoms with van der Waals surface area (Å²) in [4.78, 5) is 26.1. The molecule has 0 N–H and O–H groups in total. The van der Waals surface area contributed by atoms with Gasteiger partial charge in [-0.3, -0.25) is 4.79 Å². The van der Waals surface area contributed by atoms with Crippen LogP contribution < -0.4 is 0 Å². The number of esters is 1. The summed E-state index contributed by atoms with van der Waals surface area (Å²) >= 11 is 0. The van der Waals surface area contributed by atoms with Gasteiger partial charge in [0, 0.05) is 11.1 Å². The Labute approximate surface area is 278 Å². The van der Waals surface area contributed by atoms with Crippen molar-refractivity contribution >= 4 is 38.9 Å². The van der Waals surface area contributed by atoms with E-state index in [-0.39, 0.29) is 10.8 Å². The van der Waals surface area contributed by atoms with Crippen molar-refractivity contribution in [3.05, 3.63) is 137 Å². The maximum atomic E-state index is 13.1. The third-order valence-corrected chi connectivity index (χ3v) is 10.8. The molecular formula is C44H42O3. The highest BCUT2D eigenvalue weighted by Gasteiger charge is 2.41. The second-order valence-corrected chi connectivity index (χ2v) is 14.7. The first-order valence-corrected chi connectivity index (χ1v) is 16.7. The van der Waals surface area contributed by atoms with Gasteiger partial charge in [0.2, 0.25) is 0 Å². The maximum absolute atomic E-state index is 13.1. The first-order chi connectivity index (χ1) is 22.4. The molecule has 3 heteroatoms. The fraction of sp³-hybridized carbons (Fsp3) is 0.273. The van der Waals surface area contributed by atoms with Gasteiger partial charge < -0.3 is 4.74 Å². The summed E-state index contributed by atoms with van der Waals surface area (Å²) in [6.45, 7) is 15.9. The SMILES string of the molecule is Cc1cc2c3c(ccc2cc1-c1ccc2ccccc2c1C(C)OC(=O)C(=O)c1ccccc1)C1=C(CC(C)(C)C=C1)C(C)C3(C)C. The summed E-state index contributed by atoms with van der Waals surface area (Å²) < 4.78 is 5.93. The van der Waals surface area contributed by atoms with E-state index in [1.165, 1.54) is 27.5 Å². The van der Waals surface area contributed by atoms with Crippen molar-refractivity contribution in [2.24, 2.45) is 11.3 Å². The van der Waals surface area contributed by atoms with E-state index in [1.54, 1.807) is 29.8 Å². The van der Waals surface area contributed by atoms with E-state index in [4.69, 9.17) is 4.74 Å². The number of hydrogen-bond acceptors (Lipinski definition) is 3. The Balaban J connectivity index is 1.36. The van der Waals surface area contributed by atoms with E-state index in [9.17, 15) is 9.59 Å². The predicted octanol–water partition coefficient (Wildman–Crippen LogP) is 11.1. The van der Waals surface area contributed by atoms with Crippen molar-refractivity contribution in [3.8, 4) is 11.1 Å². The van der Waals surface area contributed by atoms with E-state index in [0.29, 0.717) is 11.5 Å². The molecule has 5 aromatic rings. The van der Waals surface area contributed by atoms with Gasteiger partial charge in [0.05, 0.1) is 0 Å². The molecule has 0 amide bonds. The van der Waals surface area contributed by atoms with Gasteiger partial charge in [-0.25, -0.2) is 4.79 Å². The van der Waals surface area contributed by atoms with Crippen LogP contribution in [0.15, 0.2) is 109 Å². The Bertz CT molecular complexity index is 2160. The molecule has 2 unspecified atom stereocenters. The van der Waals surface area contributed by atoms with Gasteiger partial charge in [-0.15, -0.1) is 0 Å². The van der Waals surface area contributed by atoms with Crippen LogP contribution in [0.2, 0.25) is 0 Å². The molecule has 0 radical (unpaired) electrons. The Kier molecular flexibility index (Phi) is 7.35. The molecule has 0 fully saturated rings. The van der Waals surface area contributed by atoms with Crippen molar-refractivity contribution < 1.29 is 14.3 Å². The highest BCUT2D eigenvalue weighted by molar-refractivity contribution is 6.40. The monoisotopic (exact) mass is 618 g/mol. The van der Waals surface area contributed by atoms with Gasteiger partial charge in [0.1, 0.15) is 6.10 Å². The molecule has 0 heterocycles. The highest BCUT2D eigenvalue weighted by atomic mass is 16.5. The molecular weight excluding hydrogens is 576 g/mol. The minimum atomic E-state index is -0.852. The number of ketones is 1. The summed E-state index contributed by atoms with van der Waals surface area (Å²) in [5.74, 6) is -1.08. The zero-order chi connectivity index (χ0) is 33.2. The van der Waals surface area contributed by atoms with Crippen LogP contribution in [-0.2, 0) is 14.9 Å². The quantitative estimate of drug-likeness (QED) is 0.112. The molecule has 3 nitrogen and oxygen atoms in total. The summed E-state index contributed by atoms with van der Waals surface area (Å²) in [5.41, 5.74) is 10.3. The van der Waals surface area contributed by atoms with E-state index in [1.807, 2.05) is 25.1 Å². The van der Waals surface area contributed by atoms with Crippen LogP contribution in [0.1, 0.15) is 86.7 Å². The van der Waals surface area contributed by atoms with Gasteiger partial charge in [0.25, 0.3) is 5.78 Å². The summed E-state index contributed by atoms with van der Waals surface area (Å²) in [6.07, 6.45) is 5.18. The van der Waals surface area contributed by atoms with Gasteiger partial charge in [0.15, 0.2) is 0 Å². The molecule has 236 valence electrons. The molecule has 2 aliphatic carbocycles. The number of fused-ring (bicyclic) bond motifs is 5. The van der Waals surface area contributed by atoms with E-state index < -0.39 is 17.9 Å². The second kappa shape index (κ2) is 11.2. The molecule has 7 rings (SSSR count). The molecule has 0 aliphatic heterocycles. The summed E-state index contributed by atoms with van der Waals surface area (Å²) in [5, 5.41) is 4.54. The van der Waals surface area contributed by atoms with Crippen LogP contribution in [-0.4, -0.2) is 11.8 Å². The van der Waals surface area contributed by atoms with Crippen LogP contribution in [0.4, 0.5) is 0 Å². The normalized spacial score (nSPS) is 18.5. The van der Waals surface area contributed by atoms with Crippen molar-refractivity contribution in [1.29, 1.82) is 0 Å². The van der Waals surface area contributed by atoms with E-state index in [0.717, 1.165) is 39.4 Å². The third-order valence-electron chi connectivity index (χ3n) is 10.8. The predicted molar refractivity (Wildman–Crippen MR) is 194 cm³/mol. The summed E-state index contributed by atoms with van der Waals surface area (Å²) in [6, 6.07) is 30.2. The number of ether oxygens (including phenoxy) is 1. The lowest BCUT2D eigenvalue weighted by Crippen LogP contribution is -2.35. The molecule has 5 aromatic carbocycles. The van der Waals surface area contributed by atoms with E-state index in [2.05, 4.69) is 102 Å². The number of hydrogen-bond donors (Lipinski definition) is 0.